The quantitative estimate of drug-likeness (QED) is 0.866. The number of rotatable bonds is 3. The number of carbonyl (C=O) groups excluding carboxylic acids is 1. The highest BCUT2D eigenvalue weighted by Gasteiger charge is 2.45. The van der Waals surface area contributed by atoms with E-state index in [1.807, 2.05) is 0 Å². The maximum atomic E-state index is 11.7. The van der Waals surface area contributed by atoms with Gasteiger partial charge in [-0.05, 0) is 45.8 Å². The molecule has 1 fully saturated rings. The van der Waals surface area contributed by atoms with Crippen molar-refractivity contribution in [1.29, 1.82) is 0 Å². The summed E-state index contributed by atoms with van der Waals surface area (Å²) in [5, 5.41) is 2.94. The predicted molar refractivity (Wildman–Crippen MR) is 66.2 cm³/mol. The SMILES string of the molecule is CC1(C)CC1CNC(=O)c1ccc(Br)nc1. The van der Waals surface area contributed by atoms with Gasteiger partial charge < -0.3 is 5.32 Å². The van der Waals surface area contributed by atoms with Gasteiger partial charge in [0.25, 0.3) is 5.91 Å². The number of aromatic nitrogens is 1. The smallest absolute Gasteiger partial charge is 0.252 e. The van der Waals surface area contributed by atoms with Crippen molar-refractivity contribution >= 4 is 21.8 Å². The van der Waals surface area contributed by atoms with E-state index in [0.717, 1.165) is 11.1 Å². The molecule has 1 amide bonds. The van der Waals surface area contributed by atoms with Gasteiger partial charge in [-0.2, -0.15) is 0 Å². The van der Waals surface area contributed by atoms with Crippen molar-refractivity contribution in [2.45, 2.75) is 20.3 Å². The molecule has 1 N–H and O–H groups in total. The normalized spacial score (nSPS) is 21.6. The lowest BCUT2D eigenvalue weighted by Gasteiger charge is -2.06. The van der Waals surface area contributed by atoms with Crippen LogP contribution < -0.4 is 5.32 Å². The minimum Gasteiger partial charge on any atom is -0.352 e. The summed E-state index contributed by atoms with van der Waals surface area (Å²) in [7, 11) is 0. The van der Waals surface area contributed by atoms with Gasteiger partial charge in [-0.1, -0.05) is 13.8 Å². The van der Waals surface area contributed by atoms with Gasteiger partial charge in [0.1, 0.15) is 4.60 Å². The zero-order valence-corrected chi connectivity index (χ0v) is 11.0. The summed E-state index contributed by atoms with van der Waals surface area (Å²) in [6.07, 6.45) is 2.78. The number of nitrogens with one attached hydrogen (secondary N) is 1. The van der Waals surface area contributed by atoms with Crippen LogP contribution in [-0.4, -0.2) is 17.4 Å². The van der Waals surface area contributed by atoms with E-state index < -0.39 is 0 Å². The molecule has 0 spiro atoms. The molecule has 1 unspecified atom stereocenters. The molecule has 3 nitrogen and oxygen atoms in total. The molecule has 1 aliphatic carbocycles. The van der Waals surface area contributed by atoms with E-state index in [2.05, 4.69) is 40.1 Å². The standard InChI is InChI=1S/C12H15BrN2O/c1-12(2)5-9(12)7-15-11(16)8-3-4-10(13)14-6-8/h3-4,6,9H,5,7H2,1-2H3,(H,15,16). The van der Waals surface area contributed by atoms with Gasteiger partial charge in [-0.15, -0.1) is 0 Å². The topological polar surface area (TPSA) is 42.0 Å². The number of nitrogens with zero attached hydrogens (tertiary/aromatic N) is 1. The second kappa shape index (κ2) is 4.17. The van der Waals surface area contributed by atoms with Crippen LogP contribution in [0, 0.1) is 11.3 Å². The monoisotopic (exact) mass is 282 g/mol. The highest BCUT2D eigenvalue weighted by atomic mass is 79.9. The zero-order chi connectivity index (χ0) is 11.8. The van der Waals surface area contributed by atoms with E-state index in [9.17, 15) is 4.79 Å². The molecule has 0 aromatic carbocycles. The van der Waals surface area contributed by atoms with Crippen molar-refractivity contribution in [3.63, 3.8) is 0 Å². The largest absolute Gasteiger partial charge is 0.352 e. The third kappa shape index (κ3) is 2.61. The number of hydrogen-bond acceptors (Lipinski definition) is 2. The van der Waals surface area contributed by atoms with Gasteiger partial charge in [0.15, 0.2) is 0 Å². The van der Waals surface area contributed by atoms with E-state index in [1.54, 1.807) is 18.3 Å². The predicted octanol–water partition coefficient (Wildman–Crippen LogP) is 2.62. The molecule has 1 saturated carbocycles. The first-order valence-corrected chi connectivity index (χ1v) is 6.18. The molecule has 0 aliphatic heterocycles. The zero-order valence-electron chi connectivity index (χ0n) is 9.46. The van der Waals surface area contributed by atoms with Gasteiger partial charge in [0, 0.05) is 12.7 Å². The minimum atomic E-state index is -0.0392. The maximum absolute atomic E-state index is 11.7. The average Bonchev–Trinajstić information content (AvgIpc) is 2.84. The van der Waals surface area contributed by atoms with Crippen LogP contribution in [0.2, 0.25) is 0 Å². The molecule has 16 heavy (non-hydrogen) atoms. The molecule has 86 valence electrons. The Labute approximate surface area is 104 Å². The van der Waals surface area contributed by atoms with Crippen molar-refractivity contribution in [2.75, 3.05) is 6.54 Å². The fourth-order valence-corrected chi connectivity index (χ4v) is 1.99. The van der Waals surface area contributed by atoms with Crippen LogP contribution >= 0.6 is 15.9 Å². The Kier molecular flexibility index (Phi) is 3.02. The van der Waals surface area contributed by atoms with Crippen LogP contribution in [0.3, 0.4) is 0 Å². The Bertz CT molecular complexity index is 400. The fourth-order valence-electron chi connectivity index (χ4n) is 1.75. The van der Waals surface area contributed by atoms with E-state index in [4.69, 9.17) is 0 Å². The first-order valence-electron chi connectivity index (χ1n) is 5.39. The second-order valence-corrected chi connectivity index (χ2v) is 5.78. The third-order valence-electron chi connectivity index (χ3n) is 3.22. The van der Waals surface area contributed by atoms with E-state index in [1.165, 1.54) is 6.42 Å². The first-order chi connectivity index (χ1) is 7.49. The van der Waals surface area contributed by atoms with Crippen LogP contribution in [0.15, 0.2) is 22.9 Å². The summed E-state index contributed by atoms with van der Waals surface area (Å²) in [6, 6.07) is 3.54. The molecule has 0 bridgehead atoms. The average molecular weight is 283 g/mol. The lowest BCUT2D eigenvalue weighted by atomic mass is 10.1. The Morgan fingerprint density at radius 1 is 1.62 bits per heavy atom. The Morgan fingerprint density at radius 2 is 2.31 bits per heavy atom. The maximum Gasteiger partial charge on any atom is 0.252 e. The third-order valence-corrected chi connectivity index (χ3v) is 3.69. The van der Waals surface area contributed by atoms with Crippen molar-refractivity contribution in [3.05, 3.63) is 28.5 Å². The molecule has 1 aliphatic rings. The summed E-state index contributed by atoms with van der Waals surface area (Å²) in [4.78, 5) is 15.8. The molecular formula is C12H15BrN2O. The number of hydrogen-bond donors (Lipinski definition) is 1. The molecule has 0 saturated heterocycles. The van der Waals surface area contributed by atoms with Gasteiger partial charge in [0.05, 0.1) is 5.56 Å². The van der Waals surface area contributed by atoms with Gasteiger partial charge >= 0.3 is 0 Å². The van der Waals surface area contributed by atoms with Crippen molar-refractivity contribution in [2.24, 2.45) is 11.3 Å². The van der Waals surface area contributed by atoms with E-state index in [0.29, 0.717) is 16.9 Å². The molecule has 1 atom stereocenters. The molecule has 1 heterocycles. The Hall–Kier alpha value is -0.900. The minimum absolute atomic E-state index is 0.0392. The summed E-state index contributed by atoms with van der Waals surface area (Å²) in [5.74, 6) is 0.586. The lowest BCUT2D eigenvalue weighted by molar-refractivity contribution is 0.0950. The molecule has 1 aromatic rings. The highest BCUT2D eigenvalue weighted by molar-refractivity contribution is 9.10. The lowest BCUT2D eigenvalue weighted by Crippen LogP contribution is -2.26. The Balaban J connectivity index is 1.87. The summed E-state index contributed by atoms with van der Waals surface area (Å²) in [5.41, 5.74) is 1.02. The van der Waals surface area contributed by atoms with Crippen LogP contribution in [0.1, 0.15) is 30.6 Å². The summed E-state index contributed by atoms with van der Waals surface area (Å²) < 4.78 is 0.743. The van der Waals surface area contributed by atoms with E-state index >= 15 is 0 Å². The molecular weight excluding hydrogens is 268 g/mol. The number of pyridine rings is 1. The van der Waals surface area contributed by atoms with Gasteiger partial charge in [-0.25, -0.2) is 4.98 Å². The van der Waals surface area contributed by atoms with Gasteiger partial charge in [-0.3, -0.25) is 4.79 Å². The number of halogens is 1. The first kappa shape index (κ1) is 11.6. The van der Waals surface area contributed by atoms with Crippen LogP contribution in [0.25, 0.3) is 0 Å². The van der Waals surface area contributed by atoms with Crippen molar-refractivity contribution in [1.82, 2.24) is 10.3 Å². The molecule has 0 radical (unpaired) electrons. The van der Waals surface area contributed by atoms with Crippen LogP contribution in [0.5, 0.6) is 0 Å². The second-order valence-electron chi connectivity index (χ2n) is 4.97. The van der Waals surface area contributed by atoms with Gasteiger partial charge in [0.2, 0.25) is 0 Å². The molecule has 4 heteroatoms. The number of carbonyl (C=O) groups is 1. The summed E-state index contributed by atoms with van der Waals surface area (Å²) >= 11 is 3.24. The van der Waals surface area contributed by atoms with Crippen molar-refractivity contribution in [3.8, 4) is 0 Å². The molecule has 2 rings (SSSR count). The molecule has 1 aromatic heterocycles. The fraction of sp³-hybridized carbons (Fsp3) is 0.500. The van der Waals surface area contributed by atoms with Crippen LogP contribution in [0.4, 0.5) is 0 Å². The Morgan fingerprint density at radius 3 is 2.81 bits per heavy atom. The van der Waals surface area contributed by atoms with E-state index in [-0.39, 0.29) is 5.91 Å². The number of amides is 1. The summed E-state index contributed by atoms with van der Waals surface area (Å²) in [6.45, 7) is 5.22. The van der Waals surface area contributed by atoms with Crippen molar-refractivity contribution < 1.29 is 4.79 Å². The highest BCUT2D eigenvalue weighted by Crippen LogP contribution is 2.50. The van der Waals surface area contributed by atoms with Crippen LogP contribution in [-0.2, 0) is 0 Å².